The van der Waals surface area contributed by atoms with Crippen LogP contribution in [0.5, 0.6) is 0 Å². The summed E-state index contributed by atoms with van der Waals surface area (Å²) in [4.78, 5) is 26.4. The first-order chi connectivity index (χ1) is 11.5. The van der Waals surface area contributed by atoms with Gasteiger partial charge in [0, 0.05) is 38.3 Å². The third-order valence-corrected chi connectivity index (χ3v) is 4.32. The fourth-order valence-corrected chi connectivity index (χ4v) is 2.86. The number of nitrogens with zero attached hydrogens (tertiary/aromatic N) is 3. The molecule has 124 valence electrons. The molecule has 2 aromatic carbocycles. The van der Waals surface area contributed by atoms with E-state index in [1.807, 2.05) is 36.1 Å². The van der Waals surface area contributed by atoms with Crippen LogP contribution in [-0.4, -0.2) is 33.8 Å². The first kappa shape index (κ1) is 16.0. The predicted molar refractivity (Wildman–Crippen MR) is 90.5 cm³/mol. The van der Waals surface area contributed by atoms with Crippen molar-refractivity contribution in [2.24, 2.45) is 0 Å². The standard InChI is InChI=1S/C18H19N3O3/c1-14-4-2-3-5-16(14)13-20-11-10-19(18(20)22)12-15-6-8-17(9-7-15)21(23)24/h2-9H,10-13H2,1H3. The van der Waals surface area contributed by atoms with Gasteiger partial charge < -0.3 is 9.80 Å². The van der Waals surface area contributed by atoms with E-state index in [0.717, 1.165) is 11.1 Å². The highest BCUT2D eigenvalue weighted by Gasteiger charge is 2.28. The summed E-state index contributed by atoms with van der Waals surface area (Å²) in [7, 11) is 0. The normalized spacial score (nSPS) is 14.3. The van der Waals surface area contributed by atoms with Crippen LogP contribution in [0.1, 0.15) is 16.7 Å². The minimum absolute atomic E-state index is 0.0107. The Morgan fingerprint density at radius 2 is 1.62 bits per heavy atom. The Hall–Kier alpha value is -2.89. The molecular formula is C18H19N3O3. The van der Waals surface area contributed by atoms with Crippen LogP contribution >= 0.6 is 0 Å². The molecule has 0 aliphatic carbocycles. The van der Waals surface area contributed by atoms with E-state index in [0.29, 0.717) is 26.2 Å². The molecule has 1 saturated heterocycles. The highest BCUT2D eigenvalue weighted by Crippen LogP contribution is 2.19. The van der Waals surface area contributed by atoms with Gasteiger partial charge in [0.2, 0.25) is 0 Å². The second kappa shape index (κ2) is 6.70. The number of amides is 2. The van der Waals surface area contributed by atoms with E-state index in [4.69, 9.17) is 0 Å². The maximum atomic E-state index is 12.5. The van der Waals surface area contributed by atoms with Crippen molar-refractivity contribution >= 4 is 11.7 Å². The van der Waals surface area contributed by atoms with Crippen LogP contribution in [0.15, 0.2) is 48.5 Å². The fraction of sp³-hybridized carbons (Fsp3) is 0.278. The number of nitro benzene ring substituents is 1. The summed E-state index contributed by atoms with van der Waals surface area (Å²) >= 11 is 0. The Morgan fingerprint density at radius 1 is 1.00 bits per heavy atom. The summed E-state index contributed by atoms with van der Waals surface area (Å²) in [5, 5.41) is 10.7. The molecule has 2 amide bonds. The lowest BCUT2D eigenvalue weighted by Gasteiger charge is -2.19. The van der Waals surface area contributed by atoms with Crippen molar-refractivity contribution in [2.75, 3.05) is 13.1 Å². The van der Waals surface area contributed by atoms with Crippen LogP contribution in [-0.2, 0) is 13.1 Å². The summed E-state index contributed by atoms with van der Waals surface area (Å²) < 4.78 is 0. The lowest BCUT2D eigenvalue weighted by atomic mass is 10.1. The zero-order valence-electron chi connectivity index (χ0n) is 13.5. The SMILES string of the molecule is Cc1ccccc1CN1CCN(Cc2ccc([N+](=O)[O-])cc2)C1=O. The number of rotatable bonds is 5. The van der Waals surface area contributed by atoms with E-state index < -0.39 is 4.92 Å². The highest BCUT2D eigenvalue weighted by atomic mass is 16.6. The number of non-ortho nitro benzene ring substituents is 1. The third kappa shape index (κ3) is 3.37. The van der Waals surface area contributed by atoms with Gasteiger partial charge in [-0.2, -0.15) is 0 Å². The lowest BCUT2D eigenvalue weighted by Crippen LogP contribution is -2.31. The molecule has 0 radical (unpaired) electrons. The fourth-order valence-electron chi connectivity index (χ4n) is 2.86. The first-order valence-corrected chi connectivity index (χ1v) is 7.86. The lowest BCUT2D eigenvalue weighted by molar-refractivity contribution is -0.384. The van der Waals surface area contributed by atoms with Gasteiger partial charge >= 0.3 is 6.03 Å². The van der Waals surface area contributed by atoms with Crippen molar-refractivity contribution < 1.29 is 9.72 Å². The van der Waals surface area contributed by atoms with E-state index in [2.05, 4.69) is 0 Å². The van der Waals surface area contributed by atoms with Gasteiger partial charge in [-0.3, -0.25) is 10.1 Å². The Bertz CT molecular complexity index is 758. The number of hydrogen-bond donors (Lipinski definition) is 0. The number of nitro groups is 1. The van der Waals surface area contributed by atoms with E-state index in [1.165, 1.54) is 17.7 Å². The van der Waals surface area contributed by atoms with Gasteiger partial charge in [0.25, 0.3) is 5.69 Å². The topological polar surface area (TPSA) is 66.7 Å². The Labute approximate surface area is 140 Å². The monoisotopic (exact) mass is 325 g/mol. The molecule has 1 heterocycles. The molecule has 1 aliphatic rings. The minimum Gasteiger partial charge on any atom is -0.319 e. The van der Waals surface area contributed by atoms with Crippen molar-refractivity contribution in [1.82, 2.24) is 9.80 Å². The predicted octanol–water partition coefficient (Wildman–Crippen LogP) is 3.34. The molecule has 6 nitrogen and oxygen atoms in total. The molecule has 0 saturated carbocycles. The van der Waals surface area contributed by atoms with Crippen LogP contribution < -0.4 is 0 Å². The molecule has 1 fully saturated rings. The highest BCUT2D eigenvalue weighted by molar-refractivity contribution is 5.76. The number of aryl methyl sites for hydroxylation is 1. The van der Waals surface area contributed by atoms with Crippen LogP contribution in [0, 0.1) is 17.0 Å². The molecule has 6 heteroatoms. The van der Waals surface area contributed by atoms with Crippen LogP contribution in [0.4, 0.5) is 10.5 Å². The van der Waals surface area contributed by atoms with Gasteiger partial charge in [-0.15, -0.1) is 0 Å². The molecule has 0 unspecified atom stereocenters. The molecule has 0 atom stereocenters. The van der Waals surface area contributed by atoms with E-state index in [9.17, 15) is 14.9 Å². The van der Waals surface area contributed by atoms with Gasteiger partial charge in [-0.05, 0) is 23.6 Å². The zero-order valence-corrected chi connectivity index (χ0v) is 13.5. The van der Waals surface area contributed by atoms with E-state index >= 15 is 0 Å². The van der Waals surface area contributed by atoms with Gasteiger partial charge in [-0.25, -0.2) is 4.79 Å². The number of carbonyl (C=O) groups is 1. The van der Waals surface area contributed by atoms with Crippen molar-refractivity contribution in [2.45, 2.75) is 20.0 Å². The molecule has 3 rings (SSSR count). The summed E-state index contributed by atoms with van der Waals surface area (Å²) in [6, 6.07) is 14.4. The van der Waals surface area contributed by atoms with Crippen LogP contribution in [0.25, 0.3) is 0 Å². The molecule has 0 spiro atoms. The average Bonchev–Trinajstić information content (AvgIpc) is 2.91. The first-order valence-electron chi connectivity index (χ1n) is 7.86. The molecule has 0 bridgehead atoms. The number of hydrogen-bond acceptors (Lipinski definition) is 3. The number of carbonyl (C=O) groups excluding carboxylic acids is 1. The largest absolute Gasteiger partial charge is 0.320 e. The molecule has 24 heavy (non-hydrogen) atoms. The number of benzene rings is 2. The van der Waals surface area contributed by atoms with Crippen molar-refractivity contribution in [3.8, 4) is 0 Å². The maximum absolute atomic E-state index is 12.5. The number of urea groups is 1. The molecule has 1 aliphatic heterocycles. The second-order valence-electron chi connectivity index (χ2n) is 5.98. The van der Waals surface area contributed by atoms with Gasteiger partial charge in [0.05, 0.1) is 4.92 Å². The van der Waals surface area contributed by atoms with E-state index in [-0.39, 0.29) is 11.7 Å². The maximum Gasteiger partial charge on any atom is 0.320 e. The smallest absolute Gasteiger partial charge is 0.319 e. The summed E-state index contributed by atoms with van der Waals surface area (Å²) in [5.41, 5.74) is 3.29. The molecule has 0 aromatic heterocycles. The molecule has 0 N–H and O–H groups in total. The molecule has 2 aromatic rings. The minimum atomic E-state index is -0.422. The zero-order chi connectivity index (χ0) is 17.1. The van der Waals surface area contributed by atoms with Crippen molar-refractivity contribution in [3.05, 3.63) is 75.3 Å². The van der Waals surface area contributed by atoms with Crippen molar-refractivity contribution in [3.63, 3.8) is 0 Å². The Kier molecular flexibility index (Phi) is 4.46. The summed E-state index contributed by atoms with van der Waals surface area (Å²) in [6.45, 7) is 4.50. The summed E-state index contributed by atoms with van der Waals surface area (Å²) in [6.07, 6.45) is 0. The van der Waals surface area contributed by atoms with Crippen molar-refractivity contribution in [1.29, 1.82) is 0 Å². The summed E-state index contributed by atoms with van der Waals surface area (Å²) in [5.74, 6) is 0. The van der Waals surface area contributed by atoms with Gasteiger partial charge in [0.15, 0.2) is 0 Å². The Morgan fingerprint density at radius 3 is 2.25 bits per heavy atom. The van der Waals surface area contributed by atoms with E-state index in [1.54, 1.807) is 17.0 Å². The average molecular weight is 325 g/mol. The van der Waals surface area contributed by atoms with Gasteiger partial charge in [-0.1, -0.05) is 36.4 Å². The van der Waals surface area contributed by atoms with Crippen LogP contribution in [0.3, 0.4) is 0 Å². The second-order valence-corrected chi connectivity index (χ2v) is 5.98. The van der Waals surface area contributed by atoms with Gasteiger partial charge in [0.1, 0.15) is 0 Å². The Balaban J connectivity index is 1.63. The van der Waals surface area contributed by atoms with Crippen LogP contribution in [0.2, 0.25) is 0 Å². The third-order valence-electron chi connectivity index (χ3n) is 4.32. The quantitative estimate of drug-likeness (QED) is 0.625. The molecular weight excluding hydrogens is 306 g/mol.